The maximum atomic E-state index is 5.75. The minimum Gasteiger partial charge on any atom is -0.497 e. The first kappa shape index (κ1) is 21.1. The quantitative estimate of drug-likeness (QED) is 0.414. The topological polar surface area (TPSA) is 98.5 Å². The third-order valence-electron chi connectivity index (χ3n) is 4.42. The third-order valence-corrected chi connectivity index (χ3v) is 4.42. The van der Waals surface area contributed by atoms with E-state index in [1.165, 1.54) is 0 Å². The van der Waals surface area contributed by atoms with Gasteiger partial charge in [0.1, 0.15) is 23.7 Å². The van der Waals surface area contributed by atoms with E-state index < -0.39 is 0 Å². The molecular formula is C21H27N7O2. The Bertz CT molecular complexity index is 937. The van der Waals surface area contributed by atoms with Gasteiger partial charge in [-0.15, -0.1) is 10.2 Å². The van der Waals surface area contributed by atoms with Gasteiger partial charge < -0.3 is 24.7 Å². The minimum atomic E-state index is 0.534. The number of nitrogens with zero attached hydrogens (tertiary/aromatic N) is 5. The minimum absolute atomic E-state index is 0.534. The number of ether oxygens (including phenoxy) is 2. The molecule has 0 radical (unpaired) electrons. The normalized spacial score (nSPS) is 11.2. The van der Waals surface area contributed by atoms with Crippen LogP contribution >= 0.6 is 0 Å². The van der Waals surface area contributed by atoms with Crippen LogP contribution < -0.4 is 20.1 Å². The molecule has 3 aromatic rings. The molecule has 1 aromatic carbocycles. The van der Waals surface area contributed by atoms with Crippen LogP contribution in [-0.2, 0) is 19.5 Å². The van der Waals surface area contributed by atoms with E-state index in [-0.39, 0.29) is 0 Å². The van der Waals surface area contributed by atoms with Crippen LogP contribution in [0.1, 0.15) is 18.3 Å². The average Bonchev–Trinajstić information content (AvgIpc) is 3.25. The molecule has 158 valence electrons. The molecule has 0 atom stereocenters. The number of rotatable bonds is 9. The number of benzene rings is 1. The van der Waals surface area contributed by atoms with E-state index in [2.05, 4.69) is 37.7 Å². The van der Waals surface area contributed by atoms with Crippen LogP contribution in [0.4, 0.5) is 0 Å². The maximum absolute atomic E-state index is 5.75. The molecule has 3 rings (SSSR count). The second kappa shape index (κ2) is 10.8. The van der Waals surface area contributed by atoms with Crippen molar-refractivity contribution in [1.29, 1.82) is 0 Å². The first-order chi connectivity index (χ1) is 14.7. The van der Waals surface area contributed by atoms with Crippen LogP contribution in [0.2, 0.25) is 0 Å². The Morgan fingerprint density at radius 1 is 1.10 bits per heavy atom. The van der Waals surface area contributed by atoms with Crippen molar-refractivity contribution in [2.45, 2.75) is 26.4 Å². The van der Waals surface area contributed by atoms with E-state index in [4.69, 9.17) is 9.47 Å². The number of aryl methyl sites for hydroxylation is 1. The van der Waals surface area contributed by atoms with Gasteiger partial charge in [-0.1, -0.05) is 13.0 Å². The molecule has 0 fully saturated rings. The van der Waals surface area contributed by atoms with E-state index in [1.807, 2.05) is 41.0 Å². The van der Waals surface area contributed by atoms with E-state index in [1.54, 1.807) is 26.7 Å². The summed E-state index contributed by atoms with van der Waals surface area (Å²) in [5.74, 6) is 3.72. The van der Waals surface area contributed by atoms with Gasteiger partial charge in [0.05, 0.1) is 7.11 Å². The highest BCUT2D eigenvalue weighted by Gasteiger charge is 2.04. The molecule has 9 heteroatoms. The van der Waals surface area contributed by atoms with Gasteiger partial charge in [0.2, 0.25) is 5.88 Å². The fourth-order valence-electron chi connectivity index (χ4n) is 2.78. The van der Waals surface area contributed by atoms with Gasteiger partial charge in [-0.3, -0.25) is 4.99 Å². The number of hydrogen-bond acceptors (Lipinski definition) is 6. The number of aromatic nitrogens is 4. The fourth-order valence-corrected chi connectivity index (χ4v) is 2.78. The first-order valence-corrected chi connectivity index (χ1v) is 9.80. The number of aliphatic imine (C=N–C) groups is 1. The summed E-state index contributed by atoms with van der Waals surface area (Å²) in [6, 6.07) is 11.2. The molecule has 0 aliphatic rings. The Morgan fingerprint density at radius 3 is 2.57 bits per heavy atom. The molecule has 0 aliphatic heterocycles. The second-order valence-corrected chi connectivity index (χ2v) is 6.43. The zero-order valence-electron chi connectivity index (χ0n) is 17.5. The summed E-state index contributed by atoms with van der Waals surface area (Å²) in [5.41, 5.74) is 1.02. The lowest BCUT2D eigenvalue weighted by Crippen LogP contribution is -2.38. The summed E-state index contributed by atoms with van der Waals surface area (Å²) >= 11 is 0. The number of nitrogens with one attached hydrogen (secondary N) is 2. The predicted octanol–water partition coefficient (Wildman–Crippen LogP) is 2.40. The van der Waals surface area contributed by atoms with Crippen molar-refractivity contribution in [2.24, 2.45) is 4.99 Å². The Hall–Kier alpha value is -3.62. The molecular weight excluding hydrogens is 382 g/mol. The Labute approximate surface area is 176 Å². The highest BCUT2D eigenvalue weighted by molar-refractivity contribution is 5.79. The molecule has 2 N–H and O–H groups in total. The van der Waals surface area contributed by atoms with Crippen molar-refractivity contribution in [1.82, 2.24) is 30.4 Å². The summed E-state index contributed by atoms with van der Waals surface area (Å²) < 4.78 is 12.9. The highest BCUT2D eigenvalue weighted by Crippen LogP contribution is 2.22. The maximum Gasteiger partial charge on any atom is 0.219 e. The number of methoxy groups -OCH3 is 1. The zero-order valence-corrected chi connectivity index (χ0v) is 17.5. The number of pyridine rings is 1. The average molecular weight is 409 g/mol. The lowest BCUT2D eigenvalue weighted by atomic mass is 10.3. The van der Waals surface area contributed by atoms with Crippen molar-refractivity contribution in [3.63, 3.8) is 0 Å². The number of hydrogen-bond donors (Lipinski definition) is 2. The van der Waals surface area contributed by atoms with Gasteiger partial charge in [-0.25, -0.2) is 4.98 Å². The molecule has 30 heavy (non-hydrogen) atoms. The van der Waals surface area contributed by atoms with E-state index in [0.29, 0.717) is 18.2 Å². The predicted molar refractivity (Wildman–Crippen MR) is 115 cm³/mol. The fraction of sp³-hybridized carbons (Fsp3) is 0.333. The van der Waals surface area contributed by atoms with Crippen LogP contribution in [0.3, 0.4) is 0 Å². The smallest absolute Gasteiger partial charge is 0.219 e. The zero-order chi connectivity index (χ0) is 21.2. The summed E-state index contributed by atoms with van der Waals surface area (Å²) in [4.78, 5) is 8.61. The van der Waals surface area contributed by atoms with Crippen molar-refractivity contribution < 1.29 is 9.47 Å². The summed E-state index contributed by atoms with van der Waals surface area (Å²) in [5, 5.41) is 14.6. The van der Waals surface area contributed by atoms with Crippen molar-refractivity contribution in [2.75, 3.05) is 20.7 Å². The van der Waals surface area contributed by atoms with Crippen LogP contribution in [0, 0.1) is 0 Å². The summed E-state index contributed by atoms with van der Waals surface area (Å²) in [6.07, 6.45) is 4.39. The SMILES string of the molecule is CCc1nncn1CCNC(=NC)NCc1ccc(Oc2ccc(OC)cc2)nc1. The monoisotopic (exact) mass is 409 g/mol. The van der Waals surface area contributed by atoms with E-state index in [9.17, 15) is 0 Å². The van der Waals surface area contributed by atoms with Crippen LogP contribution in [0.15, 0.2) is 53.9 Å². The van der Waals surface area contributed by atoms with Gasteiger partial charge in [0.25, 0.3) is 0 Å². The molecule has 0 saturated carbocycles. The molecule has 2 heterocycles. The van der Waals surface area contributed by atoms with Gasteiger partial charge in [0.15, 0.2) is 5.96 Å². The van der Waals surface area contributed by atoms with E-state index >= 15 is 0 Å². The summed E-state index contributed by atoms with van der Waals surface area (Å²) in [6.45, 7) is 4.16. The highest BCUT2D eigenvalue weighted by atomic mass is 16.5. The molecule has 9 nitrogen and oxygen atoms in total. The molecule has 0 spiro atoms. The van der Waals surface area contributed by atoms with Gasteiger partial charge in [-0.2, -0.15) is 0 Å². The third kappa shape index (κ3) is 5.94. The Kier molecular flexibility index (Phi) is 7.59. The van der Waals surface area contributed by atoms with E-state index in [0.717, 1.165) is 42.6 Å². The molecule has 0 aliphatic carbocycles. The summed E-state index contributed by atoms with van der Waals surface area (Å²) in [7, 11) is 3.38. The Morgan fingerprint density at radius 2 is 1.90 bits per heavy atom. The Balaban J connectivity index is 1.44. The van der Waals surface area contributed by atoms with Crippen LogP contribution in [0.5, 0.6) is 17.4 Å². The lowest BCUT2D eigenvalue weighted by molar-refractivity contribution is 0.412. The first-order valence-electron chi connectivity index (χ1n) is 9.80. The van der Waals surface area contributed by atoms with Crippen LogP contribution in [-0.4, -0.2) is 46.4 Å². The van der Waals surface area contributed by atoms with Gasteiger partial charge in [-0.05, 0) is 29.8 Å². The van der Waals surface area contributed by atoms with Crippen molar-refractivity contribution >= 4 is 5.96 Å². The standard InChI is InChI=1S/C21H27N7O2/c1-4-19-27-26-15-28(19)12-11-23-21(22-2)25-14-16-5-10-20(24-13-16)30-18-8-6-17(29-3)7-9-18/h5-10,13,15H,4,11-12,14H2,1-3H3,(H2,22,23,25). The van der Waals surface area contributed by atoms with Crippen molar-refractivity contribution in [3.8, 4) is 17.4 Å². The molecule has 0 amide bonds. The molecule has 2 aromatic heterocycles. The lowest BCUT2D eigenvalue weighted by Gasteiger charge is -2.13. The molecule has 0 unspecified atom stereocenters. The second-order valence-electron chi connectivity index (χ2n) is 6.43. The molecule has 0 bridgehead atoms. The van der Waals surface area contributed by atoms with Crippen LogP contribution in [0.25, 0.3) is 0 Å². The largest absolute Gasteiger partial charge is 0.497 e. The van der Waals surface area contributed by atoms with Gasteiger partial charge >= 0.3 is 0 Å². The van der Waals surface area contributed by atoms with Crippen molar-refractivity contribution in [3.05, 3.63) is 60.3 Å². The number of guanidine groups is 1. The van der Waals surface area contributed by atoms with Gasteiger partial charge in [0, 0.05) is 45.4 Å². The molecule has 0 saturated heterocycles.